The highest BCUT2D eigenvalue weighted by molar-refractivity contribution is 9.10. The molecule has 198 valence electrons. The number of rotatable bonds is 6. The molecule has 0 saturated carbocycles. The molecule has 2 heterocycles. The van der Waals surface area contributed by atoms with Crippen LogP contribution in [-0.2, 0) is 0 Å². The van der Waals surface area contributed by atoms with E-state index in [1.807, 2.05) is 48.8 Å². The summed E-state index contributed by atoms with van der Waals surface area (Å²) in [6, 6.07) is 25.0. The molecular formula is C35H31BrN4. The zero-order chi connectivity index (χ0) is 28.2. The van der Waals surface area contributed by atoms with E-state index in [0.29, 0.717) is 0 Å². The van der Waals surface area contributed by atoms with Crippen molar-refractivity contribution in [2.45, 2.75) is 34.6 Å². The number of aryl methyl sites for hydroxylation is 4. The minimum atomic E-state index is 0.844. The average Bonchev–Trinajstić information content (AvgIpc) is 2.94. The van der Waals surface area contributed by atoms with Crippen LogP contribution in [0.15, 0.2) is 99.6 Å². The third-order valence-electron chi connectivity index (χ3n) is 7.00. The molecule has 0 bridgehead atoms. The maximum Gasteiger partial charge on any atom is 0.0812 e. The summed E-state index contributed by atoms with van der Waals surface area (Å²) in [5, 5.41) is 0. The molecule has 5 aromatic rings. The number of hydrogen-bond acceptors (Lipinski definition) is 4. The number of aliphatic imine (C=N–C) groups is 2. The van der Waals surface area contributed by atoms with Gasteiger partial charge < -0.3 is 0 Å². The highest BCUT2D eigenvalue weighted by Gasteiger charge is 2.15. The van der Waals surface area contributed by atoms with Gasteiger partial charge in [0.2, 0.25) is 0 Å². The van der Waals surface area contributed by atoms with Crippen LogP contribution >= 0.6 is 15.9 Å². The van der Waals surface area contributed by atoms with Crippen LogP contribution in [0.2, 0.25) is 0 Å². The Kier molecular flexibility index (Phi) is 8.13. The molecular weight excluding hydrogens is 556 g/mol. The van der Waals surface area contributed by atoms with Crippen LogP contribution in [-0.4, -0.2) is 22.4 Å². The van der Waals surface area contributed by atoms with Crippen LogP contribution in [0.5, 0.6) is 0 Å². The maximum absolute atomic E-state index is 4.77. The third kappa shape index (κ3) is 6.00. The monoisotopic (exact) mass is 586 g/mol. The molecule has 0 N–H and O–H groups in total. The second-order valence-corrected chi connectivity index (χ2v) is 11.0. The summed E-state index contributed by atoms with van der Waals surface area (Å²) >= 11 is 3.79. The lowest BCUT2D eigenvalue weighted by Gasteiger charge is -2.17. The van der Waals surface area contributed by atoms with E-state index in [0.717, 1.165) is 49.5 Å². The van der Waals surface area contributed by atoms with Gasteiger partial charge in [-0.25, -0.2) is 0 Å². The molecule has 5 rings (SSSR count). The Hall–Kier alpha value is -4.22. The summed E-state index contributed by atoms with van der Waals surface area (Å²) in [6.07, 6.45) is 7.21. The van der Waals surface area contributed by atoms with Gasteiger partial charge in [-0.2, -0.15) is 0 Å². The molecule has 0 atom stereocenters. The van der Waals surface area contributed by atoms with Crippen molar-refractivity contribution in [1.29, 1.82) is 0 Å². The van der Waals surface area contributed by atoms with Gasteiger partial charge in [0.25, 0.3) is 0 Å². The van der Waals surface area contributed by atoms with Gasteiger partial charge in [0.15, 0.2) is 0 Å². The Labute approximate surface area is 244 Å². The fourth-order valence-corrected chi connectivity index (χ4v) is 5.53. The second kappa shape index (κ2) is 11.9. The summed E-state index contributed by atoms with van der Waals surface area (Å²) < 4.78 is 1.04. The van der Waals surface area contributed by atoms with Crippen molar-refractivity contribution in [3.05, 3.63) is 129 Å². The maximum atomic E-state index is 4.77. The van der Waals surface area contributed by atoms with Crippen LogP contribution < -0.4 is 0 Å². The predicted octanol–water partition coefficient (Wildman–Crippen LogP) is 9.62. The fraction of sp³-hybridized carbons (Fsp3) is 0.143. The summed E-state index contributed by atoms with van der Waals surface area (Å²) in [6.45, 7) is 10.7. The first-order valence-corrected chi connectivity index (χ1v) is 14.0. The number of nitrogens with zero attached hydrogens (tertiary/aromatic N) is 4. The van der Waals surface area contributed by atoms with Gasteiger partial charge in [-0.05, 0) is 145 Å². The molecule has 4 nitrogen and oxygen atoms in total. The first kappa shape index (κ1) is 27.4. The minimum Gasteiger partial charge on any atom is -0.255 e. The molecule has 0 fully saturated rings. The molecule has 0 spiro atoms. The SMILES string of the molecule is Cc1cc(-c2cc(Br)cc(-c3cc(C)c(N=Cc4ccccn4)c(C)c3)c2C)cc(C)c1N=Cc1ccccn1. The largest absolute Gasteiger partial charge is 0.255 e. The van der Waals surface area contributed by atoms with Crippen molar-refractivity contribution in [3.8, 4) is 22.3 Å². The van der Waals surface area contributed by atoms with Gasteiger partial charge in [-0.3, -0.25) is 20.0 Å². The quantitative estimate of drug-likeness (QED) is 0.186. The zero-order valence-electron chi connectivity index (χ0n) is 23.4. The van der Waals surface area contributed by atoms with Gasteiger partial charge in [-0.15, -0.1) is 0 Å². The molecule has 5 heteroatoms. The number of halogens is 1. The highest BCUT2D eigenvalue weighted by atomic mass is 79.9. The molecule has 3 aromatic carbocycles. The summed E-state index contributed by atoms with van der Waals surface area (Å²) in [4.78, 5) is 18.2. The zero-order valence-corrected chi connectivity index (χ0v) is 25.0. The van der Waals surface area contributed by atoms with E-state index in [9.17, 15) is 0 Å². The number of aromatic nitrogens is 2. The lowest BCUT2D eigenvalue weighted by atomic mass is 9.89. The van der Waals surface area contributed by atoms with Gasteiger partial charge in [0, 0.05) is 16.9 Å². The smallest absolute Gasteiger partial charge is 0.0812 e. The second-order valence-electron chi connectivity index (χ2n) is 10.1. The van der Waals surface area contributed by atoms with Gasteiger partial charge in [0.05, 0.1) is 35.2 Å². The minimum absolute atomic E-state index is 0.844. The Morgan fingerprint density at radius 3 is 1.32 bits per heavy atom. The highest BCUT2D eigenvalue weighted by Crippen LogP contribution is 2.39. The van der Waals surface area contributed by atoms with E-state index in [1.54, 1.807) is 12.4 Å². The number of hydrogen-bond donors (Lipinski definition) is 0. The molecule has 0 radical (unpaired) electrons. The van der Waals surface area contributed by atoms with Gasteiger partial charge in [-0.1, -0.05) is 28.1 Å². The number of benzene rings is 3. The van der Waals surface area contributed by atoms with Crippen molar-refractivity contribution in [2.24, 2.45) is 9.98 Å². The molecule has 0 aliphatic heterocycles. The van der Waals surface area contributed by atoms with E-state index < -0.39 is 0 Å². The first-order valence-electron chi connectivity index (χ1n) is 13.2. The predicted molar refractivity (Wildman–Crippen MR) is 172 cm³/mol. The van der Waals surface area contributed by atoms with E-state index in [2.05, 4.69) is 96.9 Å². The normalized spacial score (nSPS) is 11.6. The summed E-state index contributed by atoms with van der Waals surface area (Å²) in [7, 11) is 0. The van der Waals surface area contributed by atoms with Gasteiger partial charge in [0.1, 0.15) is 0 Å². The van der Waals surface area contributed by atoms with Crippen LogP contribution in [0, 0.1) is 34.6 Å². The van der Waals surface area contributed by atoms with Crippen LogP contribution in [0.25, 0.3) is 22.3 Å². The molecule has 0 amide bonds. The van der Waals surface area contributed by atoms with E-state index in [1.165, 1.54) is 27.8 Å². The fourth-order valence-electron chi connectivity index (χ4n) is 5.07. The van der Waals surface area contributed by atoms with Gasteiger partial charge >= 0.3 is 0 Å². The molecule has 0 saturated heterocycles. The van der Waals surface area contributed by atoms with Crippen molar-refractivity contribution in [3.63, 3.8) is 0 Å². The molecule has 0 unspecified atom stereocenters. The summed E-state index contributed by atoms with van der Waals surface area (Å²) in [5.41, 5.74) is 14.2. The van der Waals surface area contributed by atoms with Crippen molar-refractivity contribution >= 4 is 39.7 Å². The lowest BCUT2D eigenvalue weighted by Crippen LogP contribution is -1.94. The molecule has 40 heavy (non-hydrogen) atoms. The van der Waals surface area contributed by atoms with E-state index >= 15 is 0 Å². The third-order valence-corrected chi connectivity index (χ3v) is 7.46. The standard InChI is InChI=1S/C35H31BrN4/c1-22-14-27(15-23(2)34(22)39-20-30-10-6-8-12-37-30)32-18-29(36)19-33(26(32)5)28-16-24(3)35(25(4)17-28)40-21-31-11-7-9-13-38-31/h6-21H,1-5H3. The Bertz CT molecular complexity index is 1570. The molecule has 0 aliphatic carbocycles. The van der Waals surface area contributed by atoms with E-state index in [4.69, 9.17) is 9.98 Å². The lowest BCUT2D eigenvalue weighted by molar-refractivity contribution is 1.28. The first-order chi connectivity index (χ1) is 19.3. The number of pyridine rings is 2. The Morgan fingerprint density at radius 2 is 0.975 bits per heavy atom. The van der Waals surface area contributed by atoms with Crippen LogP contribution in [0.3, 0.4) is 0 Å². The molecule has 2 aromatic heterocycles. The van der Waals surface area contributed by atoms with Crippen molar-refractivity contribution < 1.29 is 0 Å². The molecule has 0 aliphatic rings. The average molecular weight is 588 g/mol. The van der Waals surface area contributed by atoms with Crippen LogP contribution in [0.1, 0.15) is 39.2 Å². The Balaban J connectivity index is 1.51. The Morgan fingerprint density at radius 1 is 0.575 bits per heavy atom. The van der Waals surface area contributed by atoms with Crippen molar-refractivity contribution in [2.75, 3.05) is 0 Å². The van der Waals surface area contributed by atoms with Crippen molar-refractivity contribution in [1.82, 2.24) is 9.97 Å². The topological polar surface area (TPSA) is 50.5 Å². The van der Waals surface area contributed by atoms with E-state index in [-0.39, 0.29) is 0 Å². The van der Waals surface area contributed by atoms with Crippen LogP contribution in [0.4, 0.5) is 11.4 Å². The summed E-state index contributed by atoms with van der Waals surface area (Å²) in [5.74, 6) is 0.